The Morgan fingerprint density at radius 3 is 2.55 bits per heavy atom. The standard InChI is InChI=1S/C21H20F3N5O3S/c1-13-4-3-5-14(10-13)19-26-27-20(33)29(19)12-18(31)28(2)11-17(30)25-15-6-8-16(9-7-15)32-21(22,23)24/h3-10H,11-12H2,1-2H3,(H,25,30)(H,27,33). The molecule has 0 atom stereocenters. The lowest BCUT2D eigenvalue weighted by molar-refractivity contribution is -0.274. The van der Waals surface area contributed by atoms with Gasteiger partial charge in [0.25, 0.3) is 0 Å². The first-order valence-corrected chi connectivity index (χ1v) is 10.0. The third-order valence-electron chi connectivity index (χ3n) is 4.51. The van der Waals surface area contributed by atoms with Crippen molar-refractivity contribution in [3.63, 3.8) is 0 Å². The Labute approximate surface area is 192 Å². The molecule has 0 saturated heterocycles. The van der Waals surface area contributed by atoms with E-state index in [0.717, 1.165) is 23.3 Å². The van der Waals surface area contributed by atoms with Crippen molar-refractivity contribution in [2.75, 3.05) is 18.9 Å². The number of H-pyrrole nitrogens is 1. The number of alkyl halides is 3. The molecular formula is C21H20F3N5O3S. The number of hydrogen-bond donors (Lipinski definition) is 2. The van der Waals surface area contributed by atoms with Gasteiger partial charge in [-0.25, -0.2) is 0 Å². The number of aryl methyl sites for hydroxylation is 1. The average Bonchev–Trinajstić information content (AvgIpc) is 3.08. The van der Waals surface area contributed by atoms with Crippen molar-refractivity contribution in [2.45, 2.75) is 19.8 Å². The molecule has 2 N–H and O–H groups in total. The number of carbonyl (C=O) groups is 2. The molecule has 12 heteroatoms. The molecule has 0 unspecified atom stereocenters. The van der Waals surface area contributed by atoms with Gasteiger partial charge in [-0.1, -0.05) is 23.8 Å². The highest BCUT2D eigenvalue weighted by Gasteiger charge is 2.31. The van der Waals surface area contributed by atoms with Crippen LogP contribution >= 0.6 is 12.2 Å². The molecule has 3 aromatic rings. The van der Waals surface area contributed by atoms with E-state index >= 15 is 0 Å². The maximum atomic E-state index is 12.7. The van der Waals surface area contributed by atoms with Gasteiger partial charge in [0.15, 0.2) is 10.6 Å². The second kappa shape index (κ2) is 9.86. The summed E-state index contributed by atoms with van der Waals surface area (Å²) < 4.78 is 42.3. The molecule has 0 saturated carbocycles. The SMILES string of the molecule is Cc1cccc(-c2n[nH]c(=S)n2CC(=O)N(C)CC(=O)Nc2ccc(OC(F)(F)F)cc2)c1. The van der Waals surface area contributed by atoms with E-state index < -0.39 is 18.0 Å². The molecule has 2 amide bonds. The molecule has 2 aromatic carbocycles. The van der Waals surface area contributed by atoms with Gasteiger partial charge in [-0.3, -0.25) is 19.3 Å². The molecular weight excluding hydrogens is 459 g/mol. The molecule has 0 spiro atoms. The highest BCUT2D eigenvalue weighted by molar-refractivity contribution is 7.71. The monoisotopic (exact) mass is 479 g/mol. The van der Waals surface area contributed by atoms with Crippen LogP contribution in [0.4, 0.5) is 18.9 Å². The second-order valence-corrected chi connectivity index (χ2v) is 7.56. The molecule has 0 aliphatic rings. The molecule has 3 rings (SSSR count). The molecule has 1 aromatic heterocycles. The normalized spacial score (nSPS) is 11.2. The fourth-order valence-electron chi connectivity index (χ4n) is 2.97. The summed E-state index contributed by atoms with van der Waals surface area (Å²) in [5, 5.41) is 9.39. The topological polar surface area (TPSA) is 92.3 Å². The van der Waals surface area contributed by atoms with Crippen molar-refractivity contribution in [2.24, 2.45) is 0 Å². The van der Waals surface area contributed by atoms with Crippen LogP contribution in [0.3, 0.4) is 0 Å². The number of nitrogens with zero attached hydrogens (tertiary/aromatic N) is 3. The van der Waals surface area contributed by atoms with Gasteiger partial charge < -0.3 is 15.0 Å². The predicted molar refractivity (Wildman–Crippen MR) is 117 cm³/mol. The van der Waals surface area contributed by atoms with E-state index in [2.05, 4.69) is 20.3 Å². The first kappa shape index (κ1) is 24.0. The average molecular weight is 479 g/mol. The third kappa shape index (κ3) is 6.65. The Bertz CT molecular complexity index is 1200. The highest BCUT2D eigenvalue weighted by Crippen LogP contribution is 2.24. The minimum atomic E-state index is -4.80. The number of rotatable bonds is 7. The second-order valence-electron chi connectivity index (χ2n) is 7.18. The number of aromatic amines is 1. The lowest BCUT2D eigenvalue weighted by Crippen LogP contribution is -2.37. The number of anilines is 1. The van der Waals surface area contributed by atoms with E-state index in [4.69, 9.17) is 12.2 Å². The number of halogens is 3. The largest absolute Gasteiger partial charge is 0.573 e. The van der Waals surface area contributed by atoms with Crippen molar-refractivity contribution in [1.82, 2.24) is 19.7 Å². The third-order valence-corrected chi connectivity index (χ3v) is 4.82. The number of aromatic nitrogens is 3. The zero-order chi connectivity index (χ0) is 24.2. The van der Waals surface area contributed by atoms with E-state index in [0.29, 0.717) is 5.82 Å². The number of nitrogens with one attached hydrogen (secondary N) is 2. The van der Waals surface area contributed by atoms with Gasteiger partial charge in [-0.2, -0.15) is 5.10 Å². The summed E-state index contributed by atoms with van der Waals surface area (Å²) in [6.07, 6.45) is -4.80. The minimum Gasteiger partial charge on any atom is -0.406 e. The number of likely N-dealkylation sites (N-methyl/N-ethyl adjacent to an activating group) is 1. The summed E-state index contributed by atoms with van der Waals surface area (Å²) in [6.45, 7) is 1.53. The predicted octanol–water partition coefficient (Wildman–Crippen LogP) is 3.91. The molecule has 0 bridgehead atoms. The lowest BCUT2D eigenvalue weighted by atomic mass is 10.1. The molecule has 174 valence electrons. The quantitative estimate of drug-likeness (QED) is 0.502. The Hall–Kier alpha value is -3.67. The maximum absolute atomic E-state index is 12.7. The first-order valence-electron chi connectivity index (χ1n) is 9.64. The van der Waals surface area contributed by atoms with Crippen LogP contribution in [0.2, 0.25) is 0 Å². The molecule has 1 heterocycles. The molecule has 0 radical (unpaired) electrons. The van der Waals surface area contributed by atoms with Gasteiger partial charge >= 0.3 is 6.36 Å². The number of hydrogen-bond acceptors (Lipinski definition) is 5. The summed E-state index contributed by atoms with van der Waals surface area (Å²) in [7, 11) is 1.46. The summed E-state index contributed by atoms with van der Waals surface area (Å²) in [6, 6.07) is 12.2. The van der Waals surface area contributed by atoms with Gasteiger partial charge in [0.05, 0.1) is 6.54 Å². The highest BCUT2D eigenvalue weighted by atomic mass is 32.1. The minimum absolute atomic E-state index is 0.133. The van der Waals surface area contributed by atoms with Crippen LogP contribution in [-0.4, -0.2) is 51.4 Å². The number of amides is 2. The van der Waals surface area contributed by atoms with Crippen LogP contribution < -0.4 is 10.1 Å². The van der Waals surface area contributed by atoms with Crippen LogP contribution in [0.1, 0.15) is 5.56 Å². The number of carbonyl (C=O) groups excluding carboxylic acids is 2. The summed E-state index contributed by atoms with van der Waals surface area (Å²) in [4.78, 5) is 26.2. The van der Waals surface area contributed by atoms with Crippen LogP contribution in [0, 0.1) is 11.7 Å². The van der Waals surface area contributed by atoms with Crippen molar-refractivity contribution >= 4 is 29.7 Å². The summed E-state index contributed by atoms with van der Waals surface area (Å²) in [5.41, 5.74) is 2.06. The van der Waals surface area contributed by atoms with Crippen molar-refractivity contribution in [1.29, 1.82) is 0 Å². The van der Waals surface area contributed by atoms with Crippen molar-refractivity contribution in [3.05, 3.63) is 58.9 Å². The molecule has 0 aliphatic heterocycles. The van der Waals surface area contributed by atoms with E-state index in [9.17, 15) is 22.8 Å². The molecule has 33 heavy (non-hydrogen) atoms. The first-order chi connectivity index (χ1) is 15.5. The Morgan fingerprint density at radius 1 is 1.21 bits per heavy atom. The van der Waals surface area contributed by atoms with E-state index in [1.807, 2.05) is 31.2 Å². The van der Waals surface area contributed by atoms with Crippen LogP contribution in [0.25, 0.3) is 11.4 Å². The van der Waals surface area contributed by atoms with Gasteiger partial charge in [0.1, 0.15) is 12.3 Å². The van der Waals surface area contributed by atoms with Crippen LogP contribution in [0.15, 0.2) is 48.5 Å². The Morgan fingerprint density at radius 2 is 1.91 bits per heavy atom. The lowest BCUT2D eigenvalue weighted by Gasteiger charge is -2.18. The van der Waals surface area contributed by atoms with Gasteiger partial charge in [0, 0.05) is 18.3 Å². The van der Waals surface area contributed by atoms with Gasteiger partial charge in [-0.15, -0.1) is 13.2 Å². The van der Waals surface area contributed by atoms with Gasteiger partial charge in [-0.05, 0) is 49.5 Å². The molecule has 0 fully saturated rings. The zero-order valence-electron chi connectivity index (χ0n) is 17.6. The molecule has 8 nitrogen and oxygen atoms in total. The van der Waals surface area contributed by atoms with Crippen molar-refractivity contribution < 1.29 is 27.5 Å². The van der Waals surface area contributed by atoms with E-state index in [1.54, 1.807) is 4.57 Å². The zero-order valence-corrected chi connectivity index (χ0v) is 18.5. The fourth-order valence-corrected chi connectivity index (χ4v) is 3.17. The summed E-state index contributed by atoms with van der Waals surface area (Å²) in [5.74, 6) is -0.819. The Kier molecular flexibility index (Phi) is 7.16. The smallest absolute Gasteiger partial charge is 0.406 e. The van der Waals surface area contributed by atoms with E-state index in [-0.39, 0.29) is 29.5 Å². The maximum Gasteiger partial charge on any atom is 0.573 e. The number of benzene rings is 2. The molecule has 0 aliphatic carbocycles. The van der Waals surface area contributed by atoms with Gasteiger partial charge in [0.2, 0.25) is 11.8 Å². The summed E-state index contributed by atoms with van der Waals surface area (Å²) >= 11 is 5.24. The van der Waals surface area contributed by atoms with Crippen molar-refractivity contribution in [3.8, 4) is 17.1 Å². The number of ether oxygens (including phenoxy) is 1. The van der Waals surface area contributed by atoms with Crippen LogP contribution in [0.5, 0.6) is 5.75 Å². The fraction of sp³-hybridized carbons (Fsp3) is 0.238. The van der Waals surface area contributed by atoms with E-state index in [1.165, 1.54) is 24.1 Å². The van der Waals surface area contributed by atoms with Crippen LogP contribution in [-0.2, 0) is 16.1 Å². The Balaban J connectivity index is 1.61.